The number of piperidine rings is 1. The zero-order valence-corrected chi connectivity index (χ0v) is 15.4. The summed E-state index contributed by atoms with van der Waals surface area (Å²) in [6.07, 6.45) is 4.00. The first-order valence-corrected chi connectivity index (χ1v) is 9.74. The Kier molecular flexibility index (Phi) is 4.97. The molecule has 3 aliphatic rings. The van der Waals surface area contributed by atoms with Crippen LogP contribution in [0.2, 0.25) is 0 Å². The number of hydrogen-bond acceptors (Lipinski definition) is 5. The number of imide groups is 1. The van der Waals surface area contributed by atoms with E-state index in [0.29, 0.717) is 31.1 Å². The topological polar surface area (TPSA) is 105 Å². The second-order valence-corrected chi connectivity index (χ2v) is 7.91. The molecule has 2 aliphatic heterocycles. The molecule has 1 saturated heterocycles. The molecule has 1 atom stereocenters. The van der Waals surface area contributed by atoms with Crippen molar-refractivity contribution in [2.24, 2.45) is 11.7 Å². The summed E-state index contributed by atoms with van der Waals surface area (Å²) in [6, 6.07) is 5.69. The van der Waals surface area contributed by atoms with Crippen LogP contribution in [0.3, 0.4) is 0 Å². The summed E-state index contributed by atoms with van der Waals surface area (Å²) in [4.78, 5) is 38.1. The zero-order valence-electron chi connectivity index (χ0n) is 15.4. The van der Waals surface area contributed by atoms with Crippen molar-refractivity contribution in [3.05, 3.63) is 34.9 Å². The summed E-state index contributed by atoms with van der Waals surface area (Å²) in [5, 5.41) is 5.78. The Labute approximate surface area is 158 Å². The van der Waals surface area contributed by atoms with Gasteiger partial charge in [0, 0.05) is 31.1 Å². The van der Waals surface area contributed by atoms with Gasteiger partial charge in [-0.15, -0.1) is 0 Å². The predicted molar refractivity (Wildman–Crippen MR) is 99.5 cm³/mol. The van der Waals surface area contributed by atoms with Gasteiger partial charge < -0.3 is 16.0 Å². The molecule has 2 fully saturated rings. The summed E-state index contributed by atoms with van der Waals surface area (Å²) in [5.74, 6) is -0.0241. The number of rotatable bonds is 6. The molecular weight excluding hydrogens is 344 g/mol. The van der Waals surface area contributed by atoms with Gasteiger partial charge in [0.1, 0.15) is 6.04 Å². The Morgan fingerprint density at radius 2 is 2.04 bits per heavy atom. The molecule has 0 aromatic heterocycles. The fourth-order valence-corrected chi connectivity index (χ4v) is 4.39. The van der Waals surface area contributed by atoms with Crippen molar-refractivity contribution in [2.45, 2.75) is 57.3 Å². The molecule has 144 valence electrons. The molecule has 4 rings (SSSR count). The van der Waals surface area contributed by atoms with Crippen molar-refractivity contribution in [1.82, 2.24) is 15.5 Å². The Morgan fingerprint density at radius 1 is 1.22 bits per heavy atom. The van der Waals surface area contributed by atoms with E-state index >= 15 is 0 Å². The maximum Gasteiger partial charge on any atom is 0.255 e. The van der Waals surface area contributed by atoms with Gasteiger partial charge in [0.05, 0.1) is 0 Å². The van der Waals surface area contributed by atoms with Crippen LogP contribution in [0.1, 0.15) is 53.6 Å². The van der Waals surface area contributed by atoms with Gasteiger partial charge in [-0.3, -0.25) is 19.7 Å². The molecule has 1 saturated carbocycles. The lowest BCUT2D eigenvalue weighted by Gasteiger charge is -2.32. The van der Waals surface area contributed by atoms with Gasteiger partial charge >= 0.3 is 0 Å². The van der Waals surface area contributed by atoms with Gasteiger partial charge in [0.15, 0.2) is 0 Å². The van der Waals surface area contributed by atoms with Crippen LogP contribution < -0.4 is 16.4 Å². The molecule has 0 radical (unpaired) electrons. The summed E-state index contributed by atoms with van der Waals surface area (Å²) in [7, 11) is 0. The van der Waals surface area contributed by atoms with E-state index in [4.69, 9.17) is 5.73 Å². The number of amides is 3. The van der Waals surface area contributed by atoms with Crippen LogP contribution >= 0.6 is 0 Å². The molecule has 1 aromatic rings. The number of carbonyl (C=O) groups is 3. The first-order valence-electron chi connectivity index (χ1n) is 9.74. The lowest BCUT2D eigenvalue weighted by atomic mass is 9.79. The second kappa shape index (κ2) is 7.40. The summed E-state index contributed by atoms with van der Waals surface area (Å²) in [5.41, 5.74) is 8.45. The molecule has 1 unspecified atom stereocenters. The van der Waals surface area contributed by atoms with Gasteiger partial charge in [0.25, 0.3) is 5.91 Å². The van der Waals surface area contributed by atoms with E-state index in [-0.39, 0.29) is 24.1 Å². The van der Waals surface area contributed by atoms with Gasteiger partial charge in [-0.25, -0.2) is 0 Å². The van der Waals surface area contributed by atoms with E-state index in [1.807, 2.05) is 18.2 Å². The number of carbonyl (C=O) groups excluding carboxylic acids is 3. The van der Waals surface area contributed by atoms with Crippen molar-refractivity contribution in [1.29, 1.82) is 0 Å². The minimum absolute atomic E-state index is 0.109. The standard InChI is InChI=1S/C20H26N4O3/c21-15-8-12(9-15)6-7-22-10-13-2-1-3-14-11-24(20(27)18(13)14)16-4-5-17(25)23-19(16)26/h1-3,12,15-16,22H,4-11,21H2,(H,23,25,26). The maximum absolute atomic E-state index is 13.0. The molecule has 0 bridgehead atoms. The number of nitrogens with zero attached hydrogens (tertiary/aromatic N) is 1. The Bertz CT molecular complexity index is 772. The van der Waals surface area contributed by atoms with Crippen molar-refractivity contribution >= 4 is 17.7 Å². The SMILES string of the molecule is NC1CC(CCNCc2cccc3c2C(=O)N(C2CCC(=O)NC2=O)C3)C1. The van der Waals surface area contributed by atoms with Crippen molar-refractivity contribution in [2.75, 3.05) is 6.54 Å². The summed E-state index contributed by atoms with van der Waals surface area (Å²) in [6.45, 7) is 1.97. The van der Waals surface area contributed by atoms with Gasteiger partial charge in [0.2, 0.25) is 11.8 Å². The first-order chi connectivity index (χ1) is 13.0. The fraction of sp³-hybridized carbons (Fsp3) is 0.550. The minimum Gasteiger partial charge on any atom is -0.328 e. The number of fused-ring (bicyclic) bond motifs is 1. The Hall–Kier alpha value is -2.25. The smallest absolute Gasteiger partial charge is 0.255 e. The average molecular weight is 370 g/mol. The molecule has 7 heteroatoms. The van der Waals surface area contributed by atoms with Crippen LogP contribution in [0.5, 0.6) is 0 Å². The van der Waals surface area contributed by atoms with E-state index in [9.17, 15) is 14.4 Å². The molecular formula is C20H26N4O3. The van der Waals surface area contributed by atoms with E-state index < -0.39 is 6.04 Å². The highest BCUT2D eigenvalue weighted by Gasteiger charge is 2.39. The maximum atomic E-state index is 13.0. The largest absolute Gasteiger partial charge is 0.328 e. The Morgan fingerprint density at radius 3 is 2.78 bits per heavy atom. The third-order valence-electron chi connectivity index (χ3n) is 5.96. The third kappa shape index (κ3) is 3.61. The van der Waals surface area contributed by atoms with Crippen LogP contribution in [0.15, 0.2) is 18.2 Å². The number of benzene rings is 1. The quantitative estimate of drug-likeness (QED) is 0.504. The van der Waals surface area contributed by atoms with E-state index in [0.717, 1.165) is 42.9 Å². The molecule has 0 spiro atoms. The predicted octanol–water partition coefficient (Wildman–Crippen LogP) is 0.665. The molecule has 1 aliphatic carbocycles. The summed E-state index contributed by atoms with van der Waals surface area (Å²) >= 11 is 0. The molecule has 27 heavy (non-hydrogen) atoms. The number of nitrogens with one attached hydrogen (secondary N) is 2. The number of hydrogen-bond donors (Lipinski definition) is 3. The average Bonchev–Trinajstić information content (AvgIpc) is 2.94. The minimum atomic E-state index is -0.564. The van der Waals surface area contributed by atoms with Gasteiger partial charge in [-0.2, -0.15) is 0 Å². The molecule has 4 N–H and O–H groups in total. The van der Waals surface area contributed by atoms with Crippen molar-refractivity contribution in [3.63, 3.8) is 0 Å². The zero-order chi connectivity index (χ0) is 19.0. The summed E-state index contributed by atoms with van der Waals surface area (Å²) < 4.78 is 0. The monoisotopic (exact) mass is 370 g/mol. The van der Waals surface area contributed by atoms with Crippen LogP contribution in [0, 0.1) is 5.92 Å². The van der Waals surface area contributed by atoms with Crippen LogP contribution in [0.4, 0.5) is 0 Å². The van der Waals surface area contributed by atoms with Crippen LogP contribution in [0.25, 0.3) is 0 Å². The van der Waals surface area contributed by atoms with E-state index in [2.05, 4.69) is 10.6 Å². The number of nitrogens with two attached hydrogens (primary N) is 1. The van der Waals surface area contributed by atoms with Crippen LogP contribution in [-0.2, 0) is 22.7 Å². The van der Waals surface area contributed by atoms with Gasteiger partial charge in [-0.05, 0) is 49.3 Å². The van der Waals surface area contributed by atoms with Crippen molar-refractivity contribution < 1.29 is 14.4 Å². The normalized spacial score (nSPS) is 27.4. The van der Waals surface area contributed by atoms with Crippen molar-refractivity contribution in [3.8, 4) is 0 Å². The molecule has 3 amide bonds. The first kappa shape index (κ1) is 18.1. The molecule has 2 heterocycles. The molecule has 1 aromatic carbocycles. The Balaban J connectivity index is 1.39. The fourth-order valence-electron chi connectivity index (χ4n) is 4.39. The van der Waals surface area contributed by atoms with Crippen LogP contribution in [-0.4, -0.2) is 41.2 Å². The van der Waals surface area contributed by atoms with E-state index in [1.54, 1.807) is 4.90 Å². The highest BCUT2D eigenvalue weighted by atomic mass is 16.2. The van der Waals surface area contributed by atoms with Gasteiger partial charge in [-0.1, -0.05) is 18.2 Å². The highest BCUT2D eigenvalue weighted by molar-refractivity contribution is 6.05. The third-order valence-corrected chi connectivity index (χ3v) is 5.96. The highest BCUT2D eigenvalue weighted by Crippen LogP contribution is 2.30. The second-order valence-electron chi connectivity index (χ2n) is 7.91. The van der Waals surface area contributed by atoms with E-state index in [1.165, 1.54) is 0 Å². The molecule has 7 nitrogen and oxygen atoms in total. The lowest BCUT2D eigenvalue weighted by molar-refractivity contribution is -0.136. The lowest BCUT2D eigenvalue weighted by Crippen LogP contribution is -2.52.